The Morgan fingerprint density at radius 1 is 1.00 bits per heavy atom. The first-order chi connectivity index (χ1) is 15.3. The molecule has 0 spiro atoms. The molecule has 34 heavy (non-hydrogen) atoms. The molecule has 2 aromatic heterocycles. The van der Waals surface area contributed by atoms with Crippen LogP contribution in [0.25, 0.3) is 0 Å². The lowest BCUT2D eigenvalue weighted by Gasteiger charge is -2.36. The van der Waals surface area contributed by atoms with Crippen molar-refractivity contribution >= 4 is 60.2 Å². The van der Waals surface area contributed by atoms with E-state index in [4.69, 9.17) is 4.74 Å². The maximum Gasteiger partial charge on any atom is 0.252 e. The number of halogens is 3. The molecule has 10 heteroatoms. The lowest BCUT2D eigenvalue weighted by Crippen LogP contribution is -2.47. The highest BCUT2D eigenvalue weighted by Crippen LogP contribution is 2.30. The molecule has 3 heterocycles. The monoisotopic (exact) mass is 544 g/mol. The fourth-order valence-electron chi connectivity index (χ4n) is 3.70. The summed E-state index contributed by atoms with van der Waals surface area (Å²) in [6.45, 7) is 6.24. The number of ether oxygens (including phenoxy) is 1. The van der Waals surface area contributed by atoms with Crippen LogP contribution in [0.1, 0.15) is 21.7 Å². The third-order valence-electron chi connectivity index (χ3n) is 5.39. The van der Waals surface area contributed by atoms with Crippen molar-refractivity contribution in [2.45, 2.75) is 13.0 Å². The highest BCUT2D eigenvalue weighted by Gasteiger charge is 2.19. The van der Waals surface area contributed by atoms with Crippen LogP contribution in [-0.4, -0.2) is 55.1 Å². The van der Waals surface area contributed by atoms with Crippen molar-refractivity contribution in [3.63, 3.8) is 0 Å². The smallest absolute Gasteiger partial charge is 0.252 e. The van der Waals surface area contributed by atoms with Crippen LogP contribution >= 0.6 is 48.6 Å². The van der Waals surface area contributed by atoms with Crippen LogP contribution in [0, 0.1) is 0 Å². The number of thiophene rings is 1. The van der Waals surface area contributed by atoms with E-state index in [-0.39, 0.29) is 43.1 Å². The largest absolute Gasteiger partial charge is 0.486 e. The third-order valence-corrected chi connectivity index (χ3v) is 6.24. The van der Waals surface area contributed by atoms with Crippen molar-refractivity contribution in [3.8, 4) is 5.75 Å². The molecule has 0 aliphatic carbocycles. The Morgan fingerprint density at radius 3 is 2.50 bits per heavy atom. The summed E-state index contributed by atoms with van der Waals surface area (Å²) in [5.74, 6) is 0.888. The van der Waals surface area contributed by atoms with E-state index in [2.05, 4.69) is 55.8 Å². The van der Waals surface area contributed by atoms with Crippen molar-refractivity contribution in [2.24, 2.45) is 0 Å². The Bertz CT molecular complexity index is 956. The molecular formula is C24H31Cl3N4O2S. The second kappa shape index (κ2) is 15.8. The zero-order valence-corrected chi connectivity index (χ0v) is 22.1. The number of aromatic nitrogens is 1. The number of pyridine rings is 1. The van der Waals surface area contributed by atoms with Crippen LogP contribution in [0.15, 0.2) is 66.3 Å². The molecule has 186 valence electrons. The Labute approximate surface area is 223 Å². The van der Waals surface area contributed by atoms with Crippen LogP contribution in [0.3, 0.4) is 0 Å². The summed E-state index contributed by atoms with van der Waals surface area (Å²) in [7, 11) is 0. The van der Waals surface area contributed by atoms with Gasteiger partial charge in [-0.05, 0) is 48.7 Å². The molecule has 1 aromatic carbocycles. The summed E-state index contributed by atoms with van der Waals surface area (Å²) < 4.78 is 6.11. The number of amides is 1. The summed E-state index contributed by atoms with van der Waals surface area (Å²) in [5.41, 5.74) is 1.78. The average Bonchev–Trinajstić information content (AvgIpc) is 3.35. The van der Waals surface area contributed by atoms with Gasteiger partial charge in [0.25, 0.3) is 5.91 Å². The zero-order valence-electron chi connectivity index (χ0n) is 18.8. The highest BCUT2D eigenvalue weighted by molar-refractivity contribution is 7.09. The Kier molecular flexibility index (Phi) is 13.9. The average molecular weight is 546 g/mol. The number of carbonyl (C=O) groups is 1. The summed E-state index contributed by atoms with van der Waals surface area (Å²) in [6.07, 6.45) is 4.20. The van der Waals surface area contributed by atoms with Gasteiger partial charge in [-0.1, -0.05) is 18.2 Å². The third kappa shape index (κ3) is 8.64. The van der Waals surface area contributed by atoms with Crippen molar-refractivity contribution in [1.29, 1.82) is 0 Å². The van der Waals surface area contributed by atoms with E-state index in [1.165, 1.54) is 10.6 Å². The molecule has 1 amide bonds. The van der Waals surface area contributed by atoms with Crippen molar-refractivity contribution in [3.05, 3.63) is 76.7 Å². The Hall–Kier alpha value is -2.03. The van der Waals surface area contributed by atoms with Crippen LogP contribution in [0.4, 0.5) is 5.69 Å². The molecule has 1 aliphatic heterocycles. The number of carbonyl (C=O) groups excluding carboxylic acids is 1. The Morgan fingerprint density at radius 2 is 1.79 bits per heavy atom. The summed E-state index contributed by atoms with van der Waals surface area (Å²) in [5, 5.41) is 5.05. The number of hydrogen-bond donors (Lipinski definition) is 1. The SMILES string of the molecule is Cl.Cl.Cl.O=C(NCCCN1CCN(c2ccccc2OCc2cccs2)CC1)c1cccnc1. The minimum atomic E-state index is -0.0583. The number of hydrogen-bond acceptors (Lipinski definition) is 6. The second-order valence-electron chi connectivity index (χ2n) is 7.52. The standard InChI is InChI=1S/C24H28N4O2S.3ClH/c29-24(20-6-3-10-25-18-20)26-11-5-12-27-13-15-28(16-14-27)22-8-1-2-9-23(22)30-19-21-7-4-17-31-21;;;/h1-4,6-10,17-18H,5,11-16,19H2,(H,26,29);3*1H. The van der Waals surface area contributed by atoms with E-state index >= 15 is 0 Å². The number of piperazine rings is 1. The fourth-order valence-corrected chi connectivity index (χ4v) is 4.32. The van der Waals surface area contributed by atoms with Crippen molar-refractivity contribution < 1.29 is 9.53 Å². The fraction of sp³-hybridized carbons (Fsp3) is 0.333. The van der Waals surface area contributed by atoms with E-state index in [0.29, 0.717) is 18.7 Å². The number of rotatable bonds is 9. The van der Waals surface area contributed by atoms with Gasteiger partial charge in [0.15, 0.2) is 0 Å². The summed E-state index contributed by atoms with van der Waals surface area (Å²) in [4.78, 5) is 22.2. The first kappa shape index (κ1) is 30.0. The van der Waals surface area contributed by atoms with Gasteiger partial charge in [-0.15, -0.1) is 48.6 Å². The summed E-state index contributed by atoms with van der Waals surface area (Å²) in [6, 6.07) is 16.0. The molecular weight excluding hydrogens is 515 g/mol. The first-order valence-corrected chi connectivity index (χ1v) is 11.6. The van der Waals surface area contributed by atoms with Gasteiger partial charge >= 0.3 is 0 Å². The molecule has 1 saturated heterocycles. The minimum absolute atomic E-state index is 0. The quantitative estimate of drug-likeness (QED) is 0.387. The predicted molar refractivity (Wildman–Crippen MR) is 147 cm³/mol. The lowest BCUT2D eigenvalue weighted by molar-refractivity contribution is 0.0951. The number of benzene rings is 1. The Balaban J connectivity index is 0.00000193. The second-order valence-corrected chi connectivity index (χ2v) is 8.55. The molecule has 1 fully saturated rings. The molecule has 0 unspecified atom stereocenters. The first-order valence-electron chi connectivity index (χ1n) is 10.7. The van der Waals surface area contributed by atoms with E-state index in [0.717, 1.165) is 44.9 Å². The molecule has 0 radical (unpaired) electrons. The van der Waals surface area contributed by atoms with Gasteiger partial charge in [0.1, 0.15) is 12.4 Å². The van der Waals surface area contributed by atoms with Gasteiger partial charge in [0.05, 0.1) is 11.3 Å². The molecule has 6 nitrogen and oxygen atoms in total. The van der Waals surface area contributed by atoms with Crippen molar-refractivity contribution in [1.82, 2.24) is 15.2 Å². The number of anilines is 1. The molecule has 0 atom stereocenters. The van der Waals surface area contributed by atoms with Crippen LogP contribution in [0.2, 0.25) is 0 Å². The van der Waals surface area contributed by atoms with Crippen molar-refractivity contribution in [2.75, 3.05) is 44.2 Å². The topological polar surface area (TPSA) is 57.7 Å². The van der Waals surface area contributed by atoms with E-state index in [9.17, 15) is 4.79 Å². The molecule has 0 saturated carbocycles. The molecule has 1 N–H and O–H groups in total. The van der Waals surface area contributed by atoms with Gasteiger partial charge in [-0.25, -0.2) is 0 Å². The minimum Gasteiger partial charge on any atom is -0.486 e. The van der Waals surface area contributed by atoms with Gasteiger partial charge in [-0.2, -0.15) is 0 Å². The van der Waals surface area contributed by atoms with E-state index in [1.54, 1.807) is 35.9 Å². The summed E-state index contributed by atoms with van der Waals surface area (Å²) >= 11 is 1.72. The van der Waals surface area contributed by atoms with E-state index < -0.39 is 0 Å². The van der Waals surface area contributed by atoms with Crippen LogP contribution in [-0.2, 0) is 6.61 Å². The molecule has 3 aromatic rings. The van der Waals surface area contributed by atoms with Crippen LogP contribution in [0.5, 0.6) is 5.75 Å². The van der Waals surface area contributed by atoms with Gasteiger partial charge in [0.2, 0.25) is 0 Å². The number of para-hydroxylation sites is 2. The molecule has 0 bridgehead atoms. The lowest BCUT2D eigenvalue weighted by atomic mass is 10.2. The number of nitrogens with one attached hydrogen (secondary N) is 1. The molecule has 1 aliphatic rings. The maximum atomic E-state index is 12.1. The predicted octanol–water partition coefficient (Wildman–Crippen LogP) is 4.93. The highest BCUT2D eigenvalue weighted by atomic mass is 35.5. The van der Waals surface area contributed by atoms with Gasteiger partial charge < -0.3 is 15.0 Å². The normalized spacial score (nSPS) is 13.1. The molecule has 4 rings (SSSR count). The van der Waals surface area contributed by atoms with Gasteiger partial charge in [-0.3, -0.25) is 14.7 Å². The maximum absolute atomic E-state index is 12.1. The number of nitrogens with zero attached hydrogens (tertiary/aromatic N) is 3. The zero-order chi connectivity index (χ0) is 21.3. The van der Waals surface area contributed by atoms with Crippen LogP contribution < -0.4 is 15.0 Å². The van der Waals surface area contributed by atoms with E-state index in [1.807, 2.05) is 6.07 Å². The van der Waals surface area contributed by atoms with Gasteiger partial charge in [0, 0.05) is 50.0 Å².